The molecule has 2 saturated carbocycles. The summed E-state index contributed by atoms with van der Waals surface area (Å²) in [7, 11) is 0. The Labute approximate surface area is 178 Å². The second-order valence-corrected chi connectivity index (χ2v) is 9.72. The van der Waals surface area contributed by atoms with Gasteiger partial charge in [0.05, 0.1) is 18.2 Å². The smallest absolute Gasteiger partial charge is 0.318 e. The van der Waals surface area contributed by atoms with Crippen molar-refractivity contribution in [1.29, 1.82) is 0 Å². The fourth-order valence-electron chi connectivity index (χ4n) is 6.50. The number of rotatable bonds is 4. The molecule has 5 rings (SSSR count). The van der Waals surface area contributed by atoms with Gasteiger partial charge in [-0.15, -0.1) is 0 Å². The number of carbonyl (C=O) groups excluding carboxylic acids is 2. The highest BCUT2D eigenvalue weighted by Crippen LogP contribution is 2.54. The van der Waals surface area contributed by atoms with Crippen molar-refractivity contribution in [3.63, 3.8) is 0 Å². The van der Waals surface area contributed by atoms with Gasteiger partial charge in [0.25, 0.3) is 0 Å². The molecule has 3 amide bonds. The van der Waals surface area contributed by atoms with Gasteiger partial charge in [-0.25, -0.2) is 4.79 Å². The number of nitrogens with zero attached hydrogens (tertiary/aromatic N) is 2. The van der Waals surface area contributed by atoms with Crippen molar-refractivity contribution in [3.8, 4) is 0 Å². The van der Waals surface area contributed by atoms with Crippen LogP contribution in [0.5, 0.6) is 0 Å². The zero-order chi connectivity index (χ0) is 20.7. The Balaban J connectivity index is 1.38. The lowest BCUT2D eigenvalue weighted by molar-refractivity contribution is -0.180. The average molecular weight is 412 g/mol. The number of hydrogen-bond donors (Lipinski definition) is 2. The number of amides is 3. The second-order valence-electron chi connectivity index (χ2n) is 9.72. The molecule has 6 heteroatoms. The van der Waals surface area contributed by atoms with Crippen LogP contribution >= 0.6 is 0 Å². The van der Waals surface area contributed by atoms with Crippen LogP contribution in [0.3, 0.4) is 0 Å². The van der Waals surface area contributed by atoms with E-state index in [1.54, 1.807) is 0 Å². The largest absolute Gasteiger partial charge is 0.394 e. The summed E-state index contributed by atoms with van der Waals surface area (Å²) in [6.07, 6.45) is 8.67. The Morgan fingerprint density at radius 3 is 2.27 bits per heavy atom. The zero-order valence-electron chi connectivity index (χ0n) is 17.6. The van der Waals surface area contributed by atoms with Gasteiger partial charge in [-0.1, -0.05) is 56.0 Å². The molecule has 0 radical (unpaired) electrons. The summed E-state index contributed by atoms with van der Waals surface area (Å²) in [6.45, 7) is 1.10. The maximum atomic E-state index is 13.3. The van der Waals surface area contributed by atoms with Crippen molar-refractivity contribution >= 4 is 11.9 Å². The fraction of sp³-hybridized carbons (Fsp3) is 0.667. The molecule has 1 aromatic carbocycles. The predicted molar refractivity (Wildman–Crippen MR) is 114 cm³/mol. The number of benzene rings is 1. The van der Waals surface area contributed by atoms with Crippen LogP contribution in [-0.4, -0.2) is 64.2 Å². The van der Waals surface area contributed by atoms with Gasteiger partial charge in [-0.3, -0.25) is 4.79 Å². The van der Waals surface area contributed by atoms with Crippen LogP contribution in [0.15, 0.2) is 30.3 Å². The standard InChI is InChI=1S/C24H33N3O3/c28-14-20-21(17-8-2-1-3-9-17)24(27(20)23(30)25-19-12-6-7-13-19)15-26(16-24)22(29)18-10-4-5-11-18/h1-3,8-9,18-21,28H,4-7,10-16H2,(H,25,30)/t20-,21+/m0/s1. The van der Waals surface area contributed by atoms with Crippen molar-refractivity contribution in [2.24, 2.45) is 5.92 Å². The maximum absolute atomic E-state index is 13.3. The van der Waals surface area contributed by atoms with Gasteiger partial charge in [0, 0.05) is 31.0 Å². The third-order valence-electron chi connectivity index (χ3n) is 7.97. The van der Waals surface area contributed by atoms with Gasteiger partial charge in [-0.2, -0.15) is 0 Å². The third-order valence-corrected chi connectivity index (χ3v) is 7.97. The van der Waals surface area contributed by atoms with E-state index >= 15 is 0 Å². The summed E-state index contributed by atoms with van der Waals surface area (Å²) in [5.74, 6) is 0.478. The molecule has 6 nitrogen and oxygen atoms in total. The second kappa shape index (κ2) is 7.88. The first-order valence-electron chi connectivity index (χ1n) is 11.7. The third kappa shape index (κ3) is 3.11. The molecule has 162 valence electrons. The van der Waals surface area contributed by atoms with Gasteiger partial charge >= 0.3 is 6.03 Å². The Bertz CT molecular complexity index is 780. The molecule has 2 N–H and O–H groups in total. The number of likely N-dealkylation sites (tertiary alicyclic amines) is 2. The van der Waals surface area contributed by atoms with Crippen LogP contribution in [0.25, 0.3) is 0 Å². The van der Waals surface area contributed by atoms with Crippen LogP contribution in [0.4, 0.5) is 4.79 Å². The molecule has 2 aliphatic carbocycles. The van der Waals surface area contributed by atoms with E-state index in [4.69, 9.17) is 0 Å². The first kappa shape index (κ1) is 19.9. The minimum Gasteiger partial charge on any atom is -0.394 e. The summed E-state index contributed by atoms with van der Waals surface area (Å²) in [4.78, 5) is 30.1. The molecule has 0 bridgehead atoms. The highest BCUT2D eigenvalue weighted by Gasteiger charge is 2.68. The lowest BCUT2D eigenvalue weighted by Gasteiger charge is -2.70. The van der Waals surface area contributed by atoms with E-state index in [9.17, 15) is 14.7 Å². The Morgan fingerprint density at radius 1 is 1.00 bits per heavy atom. The molecule has 4 aliphatic rings. The van der Waals surface area contributed by atoms with E-state index in [-0.39, 0.29) is 42.5 Å². The van der Waals surface area contributed by atoms with Crippen LogP contribution < -0.4 is 5.32 Å². The van der Waals surface area contributed by atoms with Gasteiger partial charge in [0.15, 0.2) is 0 Å². The normalized spacial score (nSPS) is 28.4. The average Bonchev–Trinajstić information content (AvgIpc) is 3.41. The molecule has 4 fully saturated rings. The van der Waals surface area contributed by atoms with Crippen LogP contribution in [0, 0.1) is 5.92 Å². The fourth-order valence-corrected chi connectivity index (χ4v) is 6.50. The minimum atomic E-state index is -0.397. The van der Waals surface area contributed by atoms with Crippen molar-refractivity contribution in [1.82, 2.24) is 15.1 Å². The van der Waals surface area contributed by atoms with Gasteiger partial charge in [0.2, 0.25) is 5.91 Å². The number of carbonyl (C=O) groups is 2. The molecule has 2 heterocycles. The van der Waals surface area contributed by atoms with E-state index in [0.717, 1.165) is 56.9 Å². The molecular weight excluding hydrogens is 378 g/mol. The van der Waals surface area contributed by atoms with E-state index in [1.165, 1.54) is 0 Å². The molecule has 2 saturated heterocycles. The molecule has 0 aromatic heterocycles. The van der Waals surface area contributed by atoms with Crippen molar-refractivity contribution < 1.29 is 14.7 Å². The number of nitrogens with one attached hydrogen (secondary N) is 1. The van der Waals surface area contributed by atoms with Crippen molar-refractivity contribution in [2.45, 2.75) is 74.9 Å². The topological polar surface area (TPSA) is 72.9 Å². The monoisotopic (exact) mass is 411 g/mol. The Kier molecular flexibility index (Phi) is 5.21. The van der Waals surface area contributed by atoms with Crippen LogP contribution in [-0.2, 0) is 4.79 Å². The highest BCUT2D eigenvalue weighted by molar-refractivity contribution is 5.83. The molecule has 30 heavy (non-hydrogen) atoms. The molecule has 1 spiro atoms. The van der Waals surface area contributed by atoms with Crippen LogP contribution in [0.2, 0.25) is 0 Å². The van der Waals surface area contributed by atoms with Crippen molar-refractivity contribution in [2.75, 3.05) is 19.7 Å². The molecule has 1 aromatic rings. The maximum Gasteiger partial charge on any atom is 0.318 e. The first-order valence-corrected chi connectivity index (χ1v) is 11.7. The van der Waals surface area contributed by atoms with Crippen LogP contribution in [0.1, 0.15) is 62.8 Å². The van der Waals surface area contributed by atoms with E-state index in [0.29, 0.717) is 13.1 Å². The Morgan fingerprint density at radius 2 is 1.63 bits per heavy atom. The highest BCUT2D eigenvalue weighted by atomic mass is 16.3. The van der Waals surface area contributed by atoms with E-state index < -0.39 is 5.54 Å². The quantitative estimate of drug-likeness (QED) is 0.800. The summed E-state index contributed by atoms with van der Waals surface area (Å²) in [5.41, 5.74) is 0.751. The zero-order valence-corrected chi connectivity index (χ0v) is 17.6. The number of aliphatic hydroxyl groups excluding tert-OH is 1. The molecule has 0 unspecified atom stereocenters. The summed E-state index contributed by atoms with van der Waals surface area (Å²) in [6, 6.07) is 10.1. The summed E-state index contributed by atoms with van der Waals surface area (Å²) >= 11 is 0. The molecule has 2 aliphatic heterocycles. The number of hydrogen-bond acceptors (Lipinski definition) is 3. The Hall–Kier alpha value is -2.08. The van der Waals surface area contributed by atoms with Gasteiger partial charge in [-0.05, 0) is 31.2 Å². The lowest BCUT2D eigenvalue weighted by Crippen LogP contribution is -2.87. The predicted octanol–water partition coefficient (Wildman–Crippen LogP) is 2.87. The van der Waals surface area contributed by atoms with Gasteiger partial charge in [0.1, 0.15) is 0 Å². The number of urea groups is 1. The molecular formula is C24H33N3O3. The number of aliphatic hydroxyl groups is 1. The molecule has 2 atom stereocenters. The minimum absolute atomic E-state index is 0.0596. The first-order chi connectivity index (χ1) is 14.6. The van der Waals surface area contributed by atoms with Gasteiger partial charge < -0.3 is 20.2 Å². The lowest BCUT2D eigenvalue weighted by atomic mass is 9.60. The van der Waals surface area contributed by atoms with E-state index in [1.807, 2.05) is 28.0 Å². The summed E-state index contributed by atoms with van der Waals surface area (Å²) < 4.78 is 0. The summed E-state index contributed by atoms with van der Waals surface area (Å²) in [5, 5.41) is 13.4. The van der Waals surface area contributed by atoms with Crippen molar-refractivity contribution in [3.05, 3.63) is 35.9 Å². The SMILES string of the molecule is O=C(C1CCCC1)N1CC2(C1)[C@H](c1ccccc1)[C@H](CO)N2C(=O)NC1CCCC1. The van der Waals surface area contributed by atoms with E-state index in [2.05, 4.69) is 17.4 Å².